The van der Waals surface area contributed by atoms with Crippen LogP contribution in [-0.4, -0.2) is 55.4 Å². The zero-order chi connectivity index (χ0) is 14.9. The fourth-order valence-corrected chi connectivity index (χ4v) is 4.42. The van der Waals surface area contributed by atoms with Gasteiger partial charge >= 0.3 is 0 Å². The quantitative estimate of drug-likeness (QED) is 0.827. The second-order valence-corrected chi connectivity index (χ2v) is 8.90. The van der Waals surface area contributed by atoms with E-state index in [1.165, 1.54) is 0 Å². The van der Waals surface area contributed by atoms with Gasteiger partial charge in [0, 0.05) is 19.6 Å². The zero-order valence-electron chi connectivity index (χ0n) is 13.0. The third-order valence-electron chi connectivity index (χ3n) is 3.22. The molecule has 0 aromatic rings. The Morgan fingerprint density at radius 2 is 1.68 bits per heavy atom. The first kappa shape index (κ1) is 16.9. The molecule has 0 aromatic carbocycles. The first-order valence-corrected chi connectivity index (χ1v) is 8.40. The highest BCUT2D eigenvalue weighted by atomic mass is 32.2. The first-order chi connectivity index (χ1) is 8.50. The Balaban J connectivity index is 2.88. The van der Waals surface area contributed by atoms with Crippen molar-refractivity contribution in [1.29, 1.82) is 0 Å². The van der Waals surface area contributed by atoms with Gasteiger partial charge in [0.05, 0.1) is 16.5 Å². The Morgan fingerprint density at radius 1 is 1.21 bits per heavy atom. The van der Waals surface area contributed by atoms with Gasteiger partial charge in [-0.25, -0.2) is 8.42 Å². The van der Waals surface area contributed by atoms with Crippen LogP contribution in [0, 0.1) is 0 Å². The maximum absolute atomic E-state index is 12.6. The highest BCUT2D eigenvalue weighted by molar-refractivity contribution is 7.89. The first-order valence-electron chi connectivity index (χ1n) is 6.90. The molecule has 0 spiro atoms. The van der Waals surface area contributed by atoms with E-state index in [9.17, 15) is 8.42 Å². The average Bonchev–Trinajstić information content (AvgIpc) is 2.21. The topological polar surface area (TPSA) is 58.6 Å². The molecule has 1 atom stereocenters. The molecular formula is C13H28N2O3S. The Hall–Kier alpha value is -0.170. The fraction of sp³-hybridized carbons (Fsp3) is 1.00. The van der Waals surface area contributed by atoms with Crippen molar-refractivity contribution in [2.75, 3.05) is 26.2 Å². The molecule has 0 bridgehead atoms. The number of nitrogens with one attached hydrogen (secondary N) is 1. The number of nitrogens with zero attached hydrogens (tertiary/aromatic N) is 1. The van der Waals surface area contributed by atoms with E-state index in [2.05, 4.69) is 5.32 Å². The molecule has 1 fully saturated rings. The lowest BCUT2D eigenvalue weighted by Crippen LogP contribution is -2.60. The minimum atomic E-state index is -3.29. The van der Waals surface area contributed by atoms with Crippen molar-refractivity contribution in [2.24, 2.45) is 0 Å². The van der Waals surface area contributed by atoms with Gasteiger partial charge in [-0.1, -0.05) is 6.92 Å². The van der Waals surface area contributed by atoms with E-state index in [0.717, 1.165) is 6.54 Å². The van der Waals surface area contributed by atoms with Gasteiger partial charge in [-0.15, -0.1) is 0 Å². The van der Waals surface area contributed by atoms with Gasteiger partial charge in [0.25, 0.3) is 0 Å². The predicted molar refractivity (Wildman–Crippen MR) is 77.7 cm³/mol. The minimum Gasteiger partial charge on any atom is -0.367 e. The number of morpholine rings is 1. The second-order valence-electron chi connectivity index (χ2n) is 6.55. The molecule has 0 aliphatic carbocycles. The van der Waals surface area contributed by atoms with E-state index in [0.29, 0.717) is 19.6 Å². The lowest BCUT2D eigenvalue weighted by Gasteiger charge is -2.47. The van der Waals surface area contributed by atoms with Crippen molar-refractivity contribution in [2.45, 2.75) is 58.0 Å². The minimum absolute atomic E-state index is 0.412. The summed E-state index contributed by atoms with van der Waals surface area (Å²) in [4.78, 5) is 0. The maximum atomic E-state index is 12.6. The van der Waals surface area contributed by atoms with Crippen molar-refractivity contribution in [3.63, 3.8) is 0 Å². The van der Waals surface area contributed by atoms with Gasteiger partial charge < -0.3 is 10.1 Å². The Bertz CT molecular complexity index is 388. The Kier molecular flexibility index (Phi) is 5.04. The highest BCUT2D eigenvalue weighted by Gasteiger charge is 2.43. The third-order valence-corrected chi connectivity index (χ3v) is 5.38. The highest BCUT2D eigenvalue weighted by Crippen LogP contribution is 2.30. The Labute approximate surface area is 117 Å². The molecule has 1 aliphatic heterocycles. The van der Waals surface area contributed by atoms with Crippen molar-refractivity contribution in [3.05, 3.63) is 0 Å². The SMILES string of the molecule is CCNCC(C)S(=O)(=O)N1CC(C)(C)OC(C)(C)C1. The van der Waals surface area contributed by atoms with E-state index in [4.69, 9.17) is 4.74 Å². The average molecular weight is 292 g/mol. The van der Waals surface area contributed by atoms with Gasteiger partial charge in [-0.2, -0.15) is 4.31 Å². The molecule has 19 heavy (non-hydrogen) atoms. The molecule has 6 heteroatoms. The molecule has 1 N–H and O–H groups in total. The van der Waals surface area contributed by atoms with Crippen molar-refractivity contribution >= 4 is 10.0 Å². The van der Waals surface area contributed by atoms with Crippen LogP contribution in [0.3, 0.4) is 0 Å². The summed E-state index contributed by atoms with van der Waals surface area (Å²) in [5.74, 6) is 0. The van der Waals surface area contributed by atoms with Gasteiger partial charge in [0.1, 0.15) is 0 Å². The molecular weight excluding hydrogens is 264 g/mol. The third kappa shape index (κ3) is 4.41. The van der Waals surface area contributed by atoms with E-state index < -0.39 is 26.5 Å². The summed E-state index contributed by atoms with van der Waals surface area (Å²) in [5, 5.41) is 2.68. The predicted octanol–water partition coefficient (Wildman–Crippen LogP) is 1.20. The number of rotatable bonds is 5. The summed E-state index contributed by atoms with van der Waals surface area (Å²) >= 11 is 0. The van der Waals surface area contributed by atoms with Gasteiger partial charge in [-0.05, 0) is 41.2 Å². The van der Waals surface area contributed by atoms with E-state index in [1.807, 2.05) is 34.6 Å². The zero-order valence-corrected chi connectivity index (χ0v) is 13.8. The second kappa shape index (κ2) is 5.68. The van der Waals surface area contributed by atoms with Crippen LogP contribution in [0.4, 0.5) is 0 Å². The lowest BCUT2D eigenvalue weighted by atomic mass is 10.0. The molecule has 0 aromatic heterocycles. The van der Waals surface area contributed by atoms with Crippen molar-refractivity contribution in [1.82, 2.24) is 9.62 Å². The molecule has 1 aliphatic rings. The Morgan fingerprint density at radius 3 is 2.11 bits per heavy atom. The van der Waals surface area contributed by atoms with E-state index in [1.54, 1.807) is 11.2 Å². The maximum Gasteiger partial charge on any atom is 0.218 e. The van der Waals surface area contributed by atoms with Crippen LogP contribution < -0.4 is 5.32 Å². The summed E-state index contributed by atoms with van der Waals surface area (Å²) in [6, 6.07) is 0. The molecule has 114 valence electrons. The van der Waals surface area contributed by atoms with Crippen LogP contribution in [0.1, 0.15) is 41.5 Å². The molecule has 5 nitrogen and oxygen atoms in total. The fourth-order valence-electron chi connectivity index (χ4n) is 2.61. The molecule has 0 amide bonds. The van der Waals surface area contributed by atoms with Gasteiger partial charge in [0.2, 0.25) is 10.0 Å². The van der Waals surface area contributed by atoms with Crippen LogP contribution in [0.5, 0.6) is 0 Å². The molecule has 0 saturated carbocycles. The molecule has 1 unspecified atom stereocenters. The molecule has 1 saturated heterocycles. The molecule has 1 heterocycles. The number of ether oxygens (including phenoxy) is 1. The molecule has 1 rings (SSSR count). The summed E-state index contributed by atoms with van der Waals surface area (Å²) in [6.45, 7) is 13.6. The summed E-state index contributed by atoms with van der Waals surface area (Å²) in [5.41, 5.74) is -0.903. The number of sulfonamides is 1. The summed E-state index contributed by atoms with van der Waals surface area (Å²) < 4.78 is 32.7. The smallest absolute Gasteiger partial charge is 0.218 e. The largest absolute Gasteiger partial charge is 0.367 e. The monoisotopic (exact) mass is 292 g/mol. The summed E-state index contributed by atoms with van der Waals surface area (Å²) in [6.07, 6.45) is 0. The van der Waals surface area contributed by atoms with Crippen molar-refractivity contribution < 1.29 is 13.2 Å². The van der Waals surface area contributed by atoms with Crippen LogP contribution in [0.25, 0.3) is 0 Å². The standard InChI is InChI=1S/C13H28N2O3S/c1-7-14-8-11(2)19(16,17)15-9-12(3,4)18-13(5,6)10-15/h11,14H,7-10H2,1-6H3. The van der Waals surface area contributed by atoms with Gasteiger partial charge in [-0.3, -0.25) is 0 Å². The van der Waals surface area contributed by atoms with Crippen molar-refractivity contribution in [3.8, 4) is 0 Å². The number of hydrogen-bond acceptors (Lipinski definition) is 4. The van der Waals surface area contributed by atoms with Crippen LogP contribution >= 0.6 is 0 Å². The molecule has 0 radical (unpaired) electrons. The van der Waals surface area contributed by atoms with Gasteiger partial charge in [0.15, 0.2) is 0 Å². The lowest BCUT2D eigenvalue weighted by molar-refractivity contribution is -0.164. The van der Waals surface area contributed by atoms with Crippen LogP contribution in [0.2, 0.25) is 0 Å². The van der Waals surface area contributed by atoms with Crippen LogP contribution in [-0.2, 0) is 14.8 Å². The van der Waals surface area contributed by atoms with E-state index >= 15 is 0 Å². The van der Waals surface area contributed by atoms with Crippen LogP contribution in [0.15, 0.2) is 0 Å². The normalized spacial score (nSPS) is 25.2. The summed E-state index contributed by atoms with van der Waals surface area (Å²) in [7, 11) is -3.29. The van der Waals surface area contributed by atoms with E-state index in [-0.39, 0.29) is 0 Å². The number of hydrogen-bond donors (Lipinski definition) is 1.